The third-order valence-corrected chi connectivity index (χ3v) is 6.20. The van der Waals surface area contributed by atoms with E-state index in [-0.39, 0.29) is 31.4 Å². The summed E-state index contributed by atoms with van der Waals surface area (Å²) in [6, 6.07) is 21.1. The lowest BCUT2D eigenvalue weighted by Gasteiger charge is -2.14. The van der Waals surface area contributed by atoms with Crippen molar-refractivity contribution < 1.29 is 23.9 Å². The molecule has 35 heavy (non-hydrogen) atoms. The fourth-order valence-corrected chi connectivity index (χ4v) is 4.05. The second kappa shape index (κ2) is 11.0. The molecule has 0 bridgehead atoms. The highest BCUT2D eigenvalue weighted by Crippen LogP contribution is 2.25. The average molecular weight is 489 g/mol. The van der Waals surface area contributed by atoms with Gasteiger partial charge in [-0.05, 0) is 53.8 Å². The second-order valence-electron chi connectivity index (χ2n) is 7.95. The normalized spacial score (nSPS) is 12.3. The lowest BCUT2D eigenvalue weighted by atomic mass is 10.1. The summed E-state index contributed by atoms with van der Waals surface area (Å²) in [6.45, 7) is 0.226. The number of rotatable bonds is 9. The number of benzene rings is 3. The van der Waals surface area contributed by atoms with Crippen molar-refractivity contribution in [1.82, 2.24) is 4.90 Å². The molecule has 7 nitrogen and oxygen atoms in total. The molecule has 0 spiro atoms. The highest BCUT2D eigenvalue weighted by molar-refractivity contribution is 8.13. The third kappa shape index (κ3) is 5.96. The Morgan fingerprint density at radius 2 is 1.71 bits per heavy atom. The number of nitrogens with zero attached hydrogens (tertiary/aromatic N) is 1. The van der Waals surface area contributed by atoms with Gasteiger partial charge in [0.05, 0.1) is 11.6 Å². The lowest BCUT2D eigenvalue weighted by molar-refractivity contribution is -0.147. The molecule has 0 saturated carbocycles. The van der Waals surface area contributed by atoms with Gasteiger partial charge < -0.3 is 14.4 Å². The Hall–Kier alpha value is -3.91. The first-order chi connectivity index (χ1) is 16.9. The second-order valence-corrected chi connectivity index (χ2v) is 8.77. The summed E-state index contributed by atoms with van der Waals surface area (Å²) in [6.07, 6.45) is 1.83. The van der Waals surface area contributed by atoms with E-state index in [4.69, 9.17) is 14.9 Å². The molecule has 0 saturated heterocycles. The summed E-state index contributed by atoms with van der Waals surface area (Å²) in [5, 5.41) is 8.40. The van der Waals surface area contributed by atoms with Gasteiger partial charge in [-0.15, -0.1) is 11.8 Å². The van der Waals surface area contributed by atoms with E-state index in [1.165, 1.54) is 16.7 Å². The SMILES string of the molecule is CSC(=N)c1ccc2c(c1)CN(CC(=O)c1ccc(OCC(=O)OCc3ccccc3)cc1)C2=O. The van der Waals surface area contributed by atoms with Crippen LogP contribution in [0.2, 0.25) is 0 Å². The van der Waals surface area contributed by atoms with Gasteiger partial charge in [0.1, 0.15) is 12.4 Å². The van der Waals surface area contributed by atoms with Crippen molar-refractivity contribution in [3.63, 3.8) is 0 Å². The minimum Gasteiger partial charge on any atom is -0.482 e. The Balaban J connectivity index is 1.28. The van der Waals surface area contributed by atoms with Crippen molar-refractivity contribution in [3.8, 4) is 5.75 Å². The van der Waals surface area contributed by atoms with Gasteiger partial charge in [-0.2, -0.15) is 0 Å². The number of nitrogens with one attached hydrogen (secondary N) is 1. The molecule has 1 heterocycles. The quantitative estimate of drug-likeness (QED) is 0.208. The Labute approximate surface area is 207 Å². The van der Waals surface area contributed by atoms with E-state index in [0.29, 0.717) is 28.5 Å². The van der Waals surface area contributed by atoms with Crippen LogP contribution in [-0.2, 0) is 22.7 Å². The Bertz CT molecular complexity index is 1260. The van der Waals surface area contributed by atoms with Crippen molar-refractivity contribution in [3.05, 3.63) is 101 Å². The molecule has 1 N–H and O–H groups in total. The first kappa shape index (κ1) is 24.2. The molecule has 3 aromatic rings. The average Bonchev–Trinajstić information content (AvgIpc) is 3.20. The fraction of sp³-hybridized carbons (Fsp3) is 0.185. The summed E-state index contributed by atoms with van der Waals surface area (Å²) in [4.78, 5) is 38.9. The Morgan fingerprint density at radius 1 is 1.00 bits per heavy atom. The number of carbonyl (C=O) groups excluding carboxylic acids is 3. The van der Waals surface area contributed by atoms with Crippen LogP contribution >= 0.6 is 11.8 Å². The number of Topliss-reactive ketones (excluding diaryl/α,β-unsaturated/α-hetero) is 1. The van der Waals surface area contributed by atoms with E-state index < -0.39 is 5.97 Å². The summed E-state index contributed by atoms with van der Waals surface area (Å²) in [5.41, 5.74) is 3.48. The maximum Gasteiger partial charge on any atom is 0.344 e. The number of carbonyl (C=O) groups is 3. The summed E-state index contributed by atoms with van der Waals surface area (Å²) < 4.78 is 10.6. The molecule has 8 heteroatoms. The number of hydrogen-bond donors (Lipinski definition) is 1. The zero-order valence-electron chi connectivity index (χ0n) is 19.2. The van der Waals surface area contributed by atoms with Gasteiger partial charge in [-0.3, -0.25) is 15.0 Å². The van der Waals surface area contributed by atoms with Crippen LogP contribution in [0.4, 0.5) is 0 Å². The molecule has 0 aliphatic carbocycles. The Morgan fingerprint density at radius 3 is 2.43 bits per heavy atom. The fourth-order valence-electron chi connectivity index (χ4n) is 3.69. The van der Waals surface area contributed by atoms with E-state index in [0.717, 1.165) is 16.7 Å². The van der Waals surface area contributed by atoms with Crippen molar-refractivity contribution >= 4 is 34.5 Å². The number of ketones is 1. The van der Waals surface area contributed by atoms with Gasteiger partial charge in [-0.1, -0.05) is 36.4 Å². The van der Waals surface area contributed by atoms with Crippen molar-refractivity contribution in [2.45, 2.75) is 13.2 Å². The largest absolute Gasteiger partial charge is 0.482 e. The monoisotopic (exact) mass is 488 g/mol. The van der Waals surface area contributed by atoms with Crippen LogP contribution in [0, 0.1) is 5.41 Å². The van der Waals surface area contributed by atoms with Crippen LogP contribution < -0.4 is 4.74 Å². The maximum absolute atomic E-state index is 12.8. The van der Waals surface area contributed by atoms with E-state index in [2.05, 4.69) is 0 Å². The van der Waals surface area contributed by atoms with Crippen LogP contribution in [-0.4, -0.2) is 47.0 Å². The molecule has 1 aliphatic rings. The molecule has 4 rings (SSSR count). The predicted octanol–water partition coefficient (Wildman–Crippen LogP) is 4.34. The first-order valence-corrected chi connectivity index (χ1v) is 12.2. The van der Waals surface area contributed by atoms with Gasteiger partial charge >= 0.3 is 5.97 Å². The van der Waals surface area contributed by atoms with Gasteiger partial charge in [0, 0.05) is 23.2 Å². The number of fused-ring (bicyclic) bond motifs is 1. The molecule has 0 fully saturated rings. The number of hydrogen-bond acceptors (Lipinski definition) is 7. The topological polar surface area (TPSA) is 96.8 Å². The zero-order valence-corrected chi connectivity index (χ0v) is 20.0. The number of amides is 1. The molecule has 3 aromatic carbocycles. The highest BCUT2D eigenvalue weighted by Gasteiger charge is 2.29. The smallest absolute Gasteiger partial charge is 0.344 e. The van der Waals surface area contributed by atoms with Crippen molar-refractivity contribution in [2.75, 3.05) is 19.4 Å². The molecular formula is C27H24N2O5S. The van der Waals surface area contributed by atoms with E-state index in [1.807, 2.05) is 42.7 Å². The standard InChI is InChI=1S/C27H24N2O5S/c1-35-26(28)20-9-12-23-21(13-20)14-29(27(23)32)15-24(30)19-7-10-22(11-8-19)33-17-25(31)34-16-18-5-3-2-4-6-18/h2-13,28H,14-17H2,1H3. The van der Waals surface area contributed by atoms with Gasteiger partial charge in [0.2, 0.25) is 0 Å². The number of esters is 1. The summed E-state index contributed by atoms with van der Waals surface area (Å²) in [5.74, 6) is -0.440. The van der Waals surface area contributed by atoms with Gasteiger partial charge in [-0.25, -0.2) is 4.79 Å². The maximum atomic E-state index is 12.8. The first-order valence-electron chi connectivity index (χ1n) is 11.0. The van der Waals surface area contributed by atoms with Crippen LogP contribution in [0.25, 0.3) is 0 Å². The molecule has 0 radical (unpaired) electrons. The molecule has 0 atom stereocenters. The third-order valence-electron chi connectivity index (χ3n) is 5.56. The van der Waals surface area contributed by atoms with E-state index >= 15 is 0 Å². The zero-order chi connectivity index (χ0) is 24.8. The summed E-state index contributed by atoms with van der Waals surface area (Å²) in [7, 11) is 0. The van der Waals surface area contributed by atoms with Crippen LogP contribution in [0.1, 0.15) is 37.4 Å². The predicted molar refractivity (Wildman–Crippen MR) is 134 cm³/mol. The number of ether oxygens (including phenoxy) is 2. The molecule has 178 valence electrons. The molecule has 0 aromatic heterocycles. The highest BCUT2D eigenvalue weighted by atomic mass is 32.2. The lowest BCUT2D eigenvalue weighted by Crippen LogP contribution is -2.30. The van der Waals surface area contributed by atoms with Crippen LogP contribution in [0.15, 0.2) is 72.8 Å². The molecule has 0 unspecified atom stereocenters. The van der Waals surface area contributed by atoms with Crippen molar-refractivity contribution in [1.29, 1.82) is 5.41 Å². The van der Waals surface area contributed by atoms with Gasteiger partial charge in [0.25, 0.3) is 5.91 Å². The van der Waals surface area contributed by atoms with Crippen molar-refractivity contribution in [2.24, 2.45) is 0 Å². The minimum absolute atomic E-state index is 0.0468. The summed E-state index contributed by atoms with van der Waals surface area (Å²) >= 11 is 1.34. The van der Waals surface area contributed by atoms with Gasteiger partial charge in [0.15, 0.2) is 12.4 Å². The number of thioether (sulfide) groups is 1. The van der Waals surface area contributed by atoms with Crippen LogP contribution in [0.5, 0.6) is 5.75 Å². The van der Waals surface area contributed by atoms with Crippen LogP contribution in [0.3, 0.4) is 0 Å². The van der Waals surface area contributed by atoms with E-state index in [1.54, 1.807) is 36.4 Å². The Kier molecular flexibility index (Phi) is 7.62. The molecular weight excluding hydrogens is 464 g/mol. The molecule has 1 amide bonds. The van der Waals surface area contributed by atoms with E-state index in [9.17, 15) is 14.4 Å². The minimum atomic E-state index is -0.489. The molecule has 1 aliphatic heterocycles.